The molecule has 0 aliphatic carbocycles. The van der Waals surface area contributed by atoms with E-state index in [1.165, 1.54) is 0 Å². The fourth-order valence-corrected chi connectivity index (χ4v) is 2.06. The Balaban J connectivity index is 2.30. The van der Waals surface area contributed by atoms with Gasteiger partial charge in [0.2, 0.25) is 0 Å². The monoisotopic (exact) mass is 267 g/mol. The van der Waals surface area contributed by atoms with Crippen LogP contribution in [-0.2, 0) is 17.2 Å². The lowest BCUT2D eigenvalue weighted by molar-refractivity contribution is 0.0729. The first-order valence-corrected chi connectivity index (χ1v) is 6.65. The Morgan fingerprint density at radius 2 is 2.11 bits per heavy atom. The van der Waals surface area contributed by atoms with Crippen molar-refractivity contribution < 1.29 is 4.74 Å². The van der Waals surface area contributed by atoms with Crippen molar-refractivity contribution in [1.82, 2.24) is 14.5 Å². The van der Waals surface area contributed by atoms with Crippen molar-refractivity contribution in [3.63, 3.8) is 0 Å². The number of aromatic nitrogens is 3. The van der Waals surface area contributed by atoms with E-state index in [0.717, 1.165) is 29.2 Å². The quantitative estimate of drug-likeness (QED) is 0.782. The Morgan fingerprint density at radius 1 is 1.33 bits per heavy atom. The first-order chi connectivity index (χ1) is 8.61. The van der Waals surface area contributed by atoms with E-state index < -0.39 is 0 Å². The molecule has 0 radical (unpaired) electrons. The van der Waals surface area contributed by atoms with E-state index in [-0.39, 0.29) is 6.10 Å². The number of imidazole rings is 1. The Morgan fingerprint density at radius 3 is 2.78 bits per heavy atom. The van der Waals surface area contributed by atoms with E-state index in [0.29, 0.717) is 12.5 Å². The van der Waals surface area contributed by atoms with Crippen molar-refractivity contribution in [2.24, 2.45) is 0 Å². The van der Waals surface area contributed by atoms with E-state index in [4.69, 9.17) is 16.3 Å². The summed E-state index contributed by atoms with van der Waals surface area (Å²) in [5, 5.41) is 0. The first-order valence-electron chi connectivity index (χ1n) is 6.12. The summed E-state index contributed by atoms with van der Waals surface area (Å²) >= 11 is 5.93. The van der Waals surface area contributed by atoms with Gasteiger partial charge in [-0.15, -0.1) is 11.6 Å². The number of ether oxygens (including phenoxy) is 1. The van der Waals surface area contributed by atoms with Crippen LogP contribution in [0.1, 0.15) is 25.4 Å². The molecule has 0 aliphatic heterocycles. The molecule has 0 saturated carbocycles. The molecule has 2 aromatic rings. The molecule has 2 rings (SSSR count). The fourth-order valence-electron chi connectivity index (χ4n) is 1.86. The second-order valence-corrected chi connectivity index (χ2v) is 4.80. The molecule has 5 heteroatoms. The van der Waals surface area contributed by atoms with Crippen LogP contribution < -0.4 is 0 Å². The van der Waals surface area contributed by atoms with Crippen molar-refractivity contribution in [3.8, 4) is 0 Å². The van der Waals surface area contributed by atoms with Gasteiger partial charge in [-0.3, -0.25) is 0 Å². The lowest BCUT2D eigenvalue weighted by atomic mass is 10.3. The molecule has 0 saturated heterocycles. The van der Waals surface area contributed by atoms with Gasteiger partial charge < -0.3 is 9.30 Å². The van der Waals surface area contributed by atoms with Crippen LogP contribution >= 0.6 is 11.6 Å². The van der Waals surface area contributed by atoms with E-state index in [1.807, 2.05) is 37.5 Å². The third-order valence-corrected chi connectivity index (χ3v) is 2.94. The average molecular weight is 268 g/mol. The van der Waals surface area contributed by atoms with E-state index in [1.54, 1.807) is 0 Å². The number of fused-ring (bicyclic) bond motifs is 1. The highest BCUT2D eigenvalue weighted by molar-refractivity contribution is 6.16. The SMILES string of the molecule is Cc1ccc2nc(CCl)n(CCOC(C)C)c2n1. The van der Waals surface area contributed by atoms with Gasteiger partial charge >= 0.3 is 0 Å². The van der Waals surface area contributed by atoms with Crippen molar-refractivity contribution in [2.75, 3.05) is 6.61 Å². The molecule has 0 bridgehead atoms. The largest absolute Gasteiger partial charge is 0.377 e. The number of alkyl halides is 1. The molecule has 0 spiro atoms. The second kappa shape index (κ2) is 5.67. The molecule has 0 unspecified atom stereocenters. The standard InChI is InChI=1S/C13H18ClN3O/c1-9(2)18-7-6-17-12(8-14)16-11-5-4-10(3)15-13(11)17/h4-5,9H,6-8H2,1-3H3. The van der Waals surface area contributed by atoms with Gasteiger partial charge in [0.25, 0.3) is 0 Å². The number of rotatable bonds is 5. The van der Waals surface area contributed by atoms with Crippen LogP contribution in [0.25, 0.3) is 11.2 Å². The Labute approximate surface area is 112 Å². The minimum atomic E-state index is 0.230. The summed E-state index contributed by atoms with van der Waals surface area (Å²) in [4.78, 5) is 9.01. The summed E-state index contributed by atoms with van der Waals surface area (Å²) in [7, 11) is 0. The van der Waals surface area contributed by atoms with Crippen LogP contribution in [0, 0.1) is 6.92 Å². The molecule has 0 aromatic carbocycles. The molecule has 0 N–H and O–H groups in total. The molecule has 98 valence electrons. The van der Waals surface area contributed by atoms with Crippen molar-refractivity contribution in [1.29, 1.82) is 0 Å². The first kappa shape index (κ1) is 13.3. The second-order valence-electron chi connectivity index (χ2n) is 4.53. The van der Waals surface area contributed by atoms with Crippen LogP contribution in [0.5, 0.6) is 0 Å². The van der Waals surface area contributed by atoms with Crippen LogP contribution in [-0.4, -0.2) is 27.2 Å². The summed E-state index contributed by atoms with van der Waals surface area (Å²) in [6.45, 7) is 7.39. The van der Waals surface area contributed by atoms with Gasteiger partial charge in [-0.25, -0.2) is 9.97 Å². The average Bonchev–Trinajstić information content (AvgIpc) is 2.66. The number of hydrogen-bond acceptors (Lipinski definition) is 3. The highest BCUT2D eigenvalue weighted by Gasteiger charge is 2.11. The van der Waals surface area contributed by atoms with Gasteiger partial charge in [-0.1, -0.05) is 0 Å². The van der Waals surface area contributed by atoms with Crippen LogP contribution in [0.15, 0.2) is 12.1 Å². The third kappa shape index (κ3) is 2.82. The molecular formula is C13H18ClN3O. The van der Waals surface area contributed by atoms with Gasteiger partial charge in [0, 0.05) is 12.2 Å². The van der Waals surface area contributed by atoms with Crippen LogP contribution in [0.2, 0.25) is 0 Å². The molecule has 2 aromatic heterocycles. The molecule has 0 amide bonds. The number of hydrogen-bond donors (Lipinski definition) is 0. The van der Waals surface area contributed by atoms with Gasteiger partial charge in [0.15, 0.2) is 5.65 Å². The number of halogens is 1. The smallest absolute Gasteiger partial charge is 0.160 e. The Kier molecular flexibility index (Phi) is 4.19. The number of pyridine rings is 1. The molecule has 0 atom stereocenters. The molecule has 18 heavy (non-hydrogen) atoms. The van der Waals surface area contributed by atoms with Gasteiger partial charge in [-0.05, 0) is 32.9 Å². The van der Waals surface area contributed by atoms with E-state index >= 15 is 0 Å². The normalized spacial score (nSPS) is 11.6. The fraction of sp³-hybridized carbons (Fsp3) is 0.538. The lowest BCUT2D eigenvalue weighted by Gasteiger charge is -2.10. The summed E-state index contributed by atoms with van der Waals surface area (Å²) in [6.07, 6.45) is 0.230. The lowest BCUT2D eigenvalue weighted by Crippen LogP contribution is -2.12. The zero-order valence-corrected chi connectivity index (χ0v) is 11.7. The number of aryl methyl sites for hydroxylation is 1. The Bertz CT molecular complexity index is 536. The topological polar surface area (TPSA) is 39.9 Å². The number of nitrogens with zero attached hydrogens (tertiary/aromatic N) is 3. The minimum absolute atomic E-state index is 0.230. The molecule has 0 aliphatic rings. The summed E-state index contributed by atoms with van der Waals surface area (Å²) in [5.41, 5.74) is 2.76. The van der Waals surface area contributed by atoms with Crippen LogP contribution in [0.3, 0.4) is 0 Å². The highest BCUT2D eigenvalue weighted by Crippen LogP contribution is 2.16. The maximum atomic E-state index is 5.93. The summed E-state index contributed by atoms with van der Waals surface area (Å²) in [5.74, 6) is 1.23. The van der Waals surface area contributed by atoms with Crippen molar-refractivity contribution in [2.45, 2.75) is 39.3 Å². The maximum absolute atomic E-state index is 5.93. The predicted octanol–water partition coefficient (Wildman–Crippen LogP) is 2.90. The highest BCUT2D eigenvalue weighted by atomic mass is 35.5. The molecule has 2 heterocycles. The molecular weight excluding hydrogens is 250 g/mol. The van der Waals surface area contributed by atoms with Crippen molar-refractivity contribution >= 4 is 22.8 Å². The molecule has 4 nitrogen and oxygen atoms in total. The van der Waals surface area contributed by atoms with Gasteiger partial charge in [0.1, 0.15) is 11.3 Å². The van der Waals surface area contributed by atoms with Gasteiger partial charge in [-0.2, -0.15) is 0 Å². The van der Waals surface area contributed by atoms with E-state index in [9.17, 15) is 0 Å². The van der Waals surface area contributed by atoms with Gasteiger partial charge in [0.05, 0.1) is 18.6 Å². The third-order valence-electron chi connectivity index (χ3n) is 2.70. The van der Waals surface area contributed by atoms with Crippen LogP contribution in [0.4, 0.5) is 0 Å². The molecule has 0 fully saturated rings. The maximum Gasteiger partial charge on any atom is 0.160 e. The zero-order chi connectivity index (χ0) is 13.1. The summed E-state index contributed by atoms with van der Waals surface area (Å²) < 4.78 is 7.61. The predicted molar refractivity (Wildman–Crippen MR) is 72.9 cm³/mol. The zero-order valence-electron chi connectivity index (χ0n) is 11.0. The summed E-state index contributed by atoms with van der Waals surface area (Å²) in [6, 6.07) is 3.94. The van der Waals surface area contributed by atoms with E-state index in [2.05, 4.69) is 9.97 Å². The Hall–Kier alpha value is -1.13. The van der Waals surface area contributed by atoms with Crippen molar-refractivity contribution in [3.05, 3.63) is 23.7 Å². The minimum Gasteiger partial charge on any atom is -0.377 e.